The second-order valence-electron chi connectivity index (χ2n) is 6.50. The predicted molar refractivity (Wildman–Crippen MR) is 94.3 cm³/mol. The lowest BCUT2D eigenvalue weighted by Crippen LogP contribution is -2.27. The Morgan fingerprint density at radius 2 is 2.07 bits per heavy atom. The predicted octanol–water partition coefficient (Wildman–Crippen LogP) is 3.82. The first-order valence-corrected chi connectivity index (χ1v) is 8.49. The minimum atomic E-state index is -4.14. The van der Waals surface area contributed by atoms with Gasteiger partial charge in [-0.05, 0) is 37.7 Å². The molecule has 0 saturated heterocycles. The second kappa shape index (κ2) is 8.82. The second-order valence-corrected chi connectivity index (χ2v) is 6.50. The zero-order chi connectivity index (χ0) is 20.0. The lowest BCUT2D eigenvalue weighted by molar-refractivity contribution is -0.183. The normalized spacial score (nSPS) is 20.3. The van der Waals surface area contributed by atoms with Crippen LogP contribution in [-0.4, -0.2) is 28.8 Å². The van der Waals surface area contributed by atoms with E-state index in [1.165, 1.54) is 6.20 Å². The molecule has 0 radical (unpaired) electrons. The van der Waals surface area contributed by atoms with Crippen molar-refractivity contribution in [3.8, 4) is 6.07 Å². The number of anilines is 1. The van der Waals surface area contributed by atoms with E-state index in [9.17, 15) is 23.2 Å². The van der Waals surface area contributed by atoms with Crippen molar-refractivity contribution >= 4 is 17.7 Å². The largest absolute Gasteiger partial charge is 0.391 e. The Morgan fingerprint density at radius 1 is 1.41 bits per heavy atom. The third kappa shape index (κ3) is 5.66. The van der Waals surface area contributed by atoms with Gasteiger partial charge in [0.1, 0.15) is 11.8 Å². The molecule has 0 unspecified atom stereocenters. The topological polar surface area (TPSA) is 86.0 Å². The molecule has 1 aliphatic rings. The van der Waals surface area contributed by atoms with Gasteiger partial charge in [0.15, 0.2) is 0 Å². The van der Waals surface area contributed by atoms with Crippen LogP contribution in [0.4, 0.5) is 18.9 Å². The van der Waals surface area contributed by atoms with E-state index in [1.54, 1.807) is 18.2 Å². The summed E-state index contributed by atoms with van der Waals surface area (Å²) in [7, 11) is 0. The highest BCUT2D eigenvalue weighted by Crippen LogP contribution is 2.40. The van der Waals surface area contributed by atoms with Crippen LogP contribution in [0.15, 0.2) is 30.5 Å². The maximum absolute atomic E-state index is 12.7. The minimum absolute atomic E-state index is 0.00237. The van der Waals surface area contributed by atoms with Gasteiger partial charge in [-0.2, -0.15) is 18.4 Å². The number of allylic oxidation sites excluding steroid dienone is 1. The Morgan fingerprint density at radius 3 is 2.63 bits per heavy atom. The van der Waals surface area contributed by atoms with E-state index in [1.807, 2.05) is 6.07 Å². The van der Waals surface area contributed by atoms with Crippen LogP contribution in [0.25, 0.3) is 6.08 Å². The highest BCUT2D eigenvalue weighted by molar-refractivity contribution is 6.03. The average Bonchev–Trinajstić information content (AvgIpc) is 2.65. The summed E-state index contributed by atoms with van der Waals surface area (Å²) < 4.78 is 38.2. The highest BCUT2D eigenvalue weighted by Gasteiger charge is 2.40. The number of hydrogen-bond donors (Lipinski definition) is 2. The van der Waals surface area contributed by atoms with E-state index in [-0.39, 0.29) is 30.0 Å². The Bertz CT molecular complexity index is 773. The van der Waals surface area contributed by atoms with Crippen LogP contribution in [0.5, 0.6) is 0 Å². The number of aliphatic hydroxyl groups excluding tert-OH is 1. The average molecular weight is 379 g/mol. The molecule has 1 aromatic heterocycles. The molecule has 2 rings (SSSR count). The first-order valence-electron chi connectivity index (χ1n) is 8.49. The lowest BCUT2D eigenvalue weighted by atomic mass is 9.81. The maximum atomic E-state index is 12.7. The van der Waals surface area contributed by atoms with Gasteiger partial charge < -0.3 is 10.4 Å². The molecule has 1 aliphatic carbocycles. The Kier molecular flexibility index (Phi) is 6.75. The number of amides is 1. The summed E-state index contributed by atoms with van der Waals surface area (Å²) in [6.07, 6.45) is 1.68. The van der Waals surface area contributed by atoms with E-state index < -0.39 is 24.6 Å². The molecule has 1 saturated carbocycles. The molecule has 0 atom stereocenters. The molecular formula is C19H20F3N3O2. The van der Waals surface area contributed by atoms with Crippen molar-refractivity contribution < 1.29 is 23.1 Å². The monoisotopic (exact) mass is 379 g/mol. The van der Waals surface area contributed by atoms with Crippen LogP contribution in [-0.2, 0) is 4.79 Å². The molecule has 5 nitrogen and oxygen atoms in total. The van der Waals surface area contributed by atoms with Crippen molar-refractivity contribution in [2.75, 3.05) is 11.9 Å². The van der Waals surface area contributed by atoms with Gasteiger partial charge in [0.2, 0.25) is 0 Å². The fraction of sp³-hybridized carbons (Fsp3) is 0.421. The number of halogens is 3. The Hall–Kier alpha value is -2.66. The summed E-state index contributed by atoms with van der Waals surface area (Å²) in [5.74, 6) is -1.80. The number of aliphatic hydroxyl groups is 1. The summed E-state index contributed by atoms with van der Waals surface area (Å²) in [5, 5.41) is 20.6. The molecular weight excluding hydrogens is 359 g/mol. The fourth-order valence-corrected chi connectivity index (χ4v) is 2.94. The van der Waals surface area contributed by atoms with Crippen molar-refractivity contribution in [2.24, 2.45) is 11.8 Å². The zero-order valence-corrected chi connectivity index (χ0v) is 14.6. The van der Waals surface area contributed by atoms with Gasteiger partial charge in [0.05, 0.1) is 24.4 Å². The molecule has 27 heavy (non-hydrogen) atoms. The van der Waals surface area contributed by atoms with Gasteiger partial charge in [0.25, 0.3) is 5.91 Å². The first-order chi connectivity index (χ1) is 12.7. The molecule has 0 aliphatic heterocycles. The zero-order valence-electron chi connectivity index (χ0n) is 14.6. The summed E-state index contributed by atoms with van der Waals surface area (Å²) in [6, 6.07) is 3.49. The number of carbonyl (C=O) groups excluding carboxylic acids is 1. The Balaban J connectivity index is 2.08. The van der Waals surface area contributed by atoms with Crippen LogP contribution in [0, 0.1) is 23.2 Å². The Labute approximate surface area is 155 Å². The number of hydrogen-bond acceptors (Lipinski definition) is 4. The number of nitrogens with zero attached hydrogens (tertiary/aromatic N) is 2. The van der Waals surface area contributed by atoms with Crippen LogP contribution >= 0.6 is 0 Å². The number of rotatable bonds is 5. The van der Waals surface area contributed by atoms with Crippen LogP contribution in [0.1, 0.15) is 36.9 Å². The van der Waals surface area contributed by atoms with Gasteiger partial charge in [-0.15, -0.1) is 0 Å². The lowest BCUT2D eigenvalue weighted by Gasteiger charge is -2.28. The van der Waals surface area contributed by atoms with E-state index >= 15 is 0 Å². The van der Waals surface area contributed by atoms with Crippen molar-refractivity contribution in [3.63, 3.8) is 0 Å². The van der Waals surface area contributed by atoms with Crippen LogP contribution in [0.3, 0.4) is 0 Å². The molecule has 0 bridgehead atoms. The number of pyridine rings is 1. The summed E-state index contributed by atoms with van der Waals surface area (Å²) in [6.45, 7) is 2.93. The van der Waals surface area contributed by atoms with E-state index in [0.29, 0.717) is 24.1 Å². The molecule has 0 spiro atoms. The number of nitriles is 1. The summed E-state index contributed by atoms with van der Waals surface area (Å²) in [4.78, 5) is 15.7. The molecule has 144 valence electrons. The SMILES string of the molecule is C=C(CO)C(=O)Nc1cnc(C#N)c(/C=C/[C@H]2CC[C@H](C(F)(F)F)CC2)c1. The molecule has 2 N–H and O–H groups in total. The maximum Gasteiger partial charge on any atom is 0.391 e. The summed E-state index contributed by atoms with van der Waals surface area (Å²) >= 11 is 0. The summed E-state index contributed by atoms with van der Waals surface area (Å²) in [5.41, 5.74) is 0.920. The van der Waals surface area contributed by atoms with E-state index in [0.717, 1.165) is 0 Å². The number of alkyl halides is 3. The van der Waals surface area contributed by atoms with Crippen molar-refractivity contribution in [1.82, 2.24) is 4.98 Å². The van der Waals surface area contributed by atoms with Gasteiger partial charge in [-0.1, -0.05) is 18.7 Å². The van der Waals surface area contributed by atoms with Crippen LogP contribution in [0.2, 0.25) is 0 Å². The molecule has 1 heterocycles. The molecule has 1 fully saturated rings. The van der Waals surface area contributed by atoms with Gasteiger partial charge in [-0.25, -0.2) is 4.98 Å². The smallest absolute Gasteiger partial charge is 0.391 e. The van der Waals surface area contributed by atoms with Crippen LogP contribution < -0.4 is 5.32 Å². The minimum Gasteiger partial charge on any atom is -0.391 e. The first kappa shape index (κ1) is 20.6. The molecule has 0 aromatic carbocycles. The van der Waals surface area contributed by atoms with Gasteiger partial charge >= 0.3 is 6.18 Å². The van der Waals surface area contributed by atoms with Gasteiger partial charge in [-0.3, -0.25) is 4.79 Å². The highest BCUT2D eigenvalue weighted by atomic mass is 19.4. The standard InChI is InChI=1S/C19H20F3N3O2/c1-12(11-26)18(27)25-16-8-14(17(9-23)24-10-16)5-2-13-3-6-15(7-4-13)19(20,21)22/h2,5,8,10,13,15,26H,1,3-4,6-7,11H2,(H,25,27)/b5-2+/t13-,15-. The quantitative estimate of drug-likeness (QED) is 0.762. The number of aromatic nitrogens is 1. The van der Waals surface area contributed by atoms with Crippen molar-refractivity contribution in [2.45, 2.75) is 31.9 Å². The van der Waals surface area contributed by atoms with E-state index in [4.69, 9.17) is 5.11 Å². The van der Waals surface area contributed by atoms with Crippen molar-refractivity contribution in [3.05, 3.63) is 41.7 Å². The molecule has 1 amide bonds. The van der Waals surface area contributed by atoms with Crippen molar-refractivity contribution in [1.29, 1.82) is 5.26 Å². The third-order valence-corrected chi connectivity index (χ3v) is 4.58. The number of nitrogens with one attached hydrogen (secondary N) is 1. The van der Waals surface area contributed by atoms with E-state index in [2.05, 4.69) is 16.9 Å². The fourth-order valence-electron chi connectivity index (χ4n) is 2.94. The third-order valence-electron chi connectivity index (χ3n) is 4.58. The van der Waals surface area contributed by atoms with Gasteiger partial charge in [0, 0.05) is 11.1 Å². The molecule has 1 aromatic rings. The number of carbonyl (C=O) groups is 1. The molecule has 8 heteroatoms.